The Morgan fingerprint density at radius 1 is 1.10 bits per heavy atom. The van der Waals surface area contributed by atoms with Crippen LogP contribution in [0.5, 0.6) is 11.5 Å². The van der Waals surface area contributed by atoms with E-state index in [4.69, 9.17) is 10.5 Å². The lowest BCUT2D eigenvalue weighted by molar-refractivity contribution is -0.124. The summed E-state index contributed by atoms with van der Waals surface area (Å²) in [7, 11) is 1.41. The minimum atomic E-state index is -1.11. The van der Waals surface area contributed by atoms with Gasteiger partial charge in [0.05, 0.1) is 24.0 Å². The number of rotatable bonds is 2. The van der Waals surface area contributed by atoms with E-state index in [1.165, 1.54) is 7.11 Å². The second-order valence-corrected chi connectivity index (χ2v) is 7.72. The highest BCUT2D eigenvalue weighted by molar-refractivity contribution is 6.28. The molecule has 29 heavy (non-hydrogen) atoms. The Hall–Kier alpha value is -3.35. The number of Topliss-reactive ketones (excluding diaryl/α,β-unsaturated/α-hetero) is 2. The van der Waals surface area contributed by atoms with Gasteiger partial charge in [0.15, 0.2) is 11.6 Å². The highest BCUT2D eigenvalue weighted by atomic mass is 16.5. The Kier molecular flexibility index (Phi) is 4.15. The van der Waals surface area contributed by atoms with Crippen molar-refractivity contribution in [3.05, 3.63) is 45.7 Å². The number of phenolic OH excluding ortho intramolecular Hbond substituents is 1. The number of primary amides is 1. The summed E-state index contributed by atoms with van der Waals surface area (Å²) in [5.74, 6) is -4.02. The average molecular weight is 395 g/mol. The van der Waals surface area contributed by atoms with Crippen molar-refractivity contribution in [3.8, 4) is 11.5 Å². The molecule has 2 aromatic rings. The van der Waals surface area contributed by atoms with E-state index in [0.29, 0.717) is 11.8 Å². The molecule has 2 aliphatic carbocycles. The summed E-state index contributed by atoms with van der Waals surface area (Å²) in [6.07, 6.45) is 0.388. The molecular formula is C22H21NO6. The van der Waals surface area contributed by atoms with Crippen molar-refractivity contribution < 1.29 is 29.3 Å². The van der Waals surface area contributed by atoms with Crippen LogP contribution in [0, 0.1) is 25.7 Å². The van der Waals surface area contributed by atoms with Gasteiger partial charge < -0.3 is 20.7 Å². The number of hydrogen-bond donors (Lipinski definition) is 3. The number of aliphatic hydroxyl groups excluding tert-OH is 1. The first-order chi connectivity index (χ1) is 13.7. The van der Waals surface area contributed by atoms with Crippen LogP contribution in [0.15, 0.2) is 23.5 Å². The third-order valence-corrected chi connectivity index (χ3v) is 6.17. The first kappa shape index (κ1) is 19.0. The SMILES string of the molecule is COc1c2c(c(C)c3c(C)ccc(O)c13)CC1CC(O)=C(C(N)=O)C(=O)C1C2=O. The number of aromatic hydroxyl groups is 1. The summed E-state index contributed by atoms with van der Waals surface area (Å²) in [5.41, 5.74) is 7.48. The number of hydrogen-bond acceptors (Lipinski definition) is 6. The molecule has 0 aliphatic heterocycles. The third kappa shape index (κ3) is 2.46. The molecule has 2 aromatic carbocycles. The molecule has 0 heterocycles. The number of aryl methyl sites for hydroxylation is 2. The fourth-order valence-corrected chi connectivity index (χ4v) is 4.91. The van der Waals surface area contributed by atoms with Crippen LogP contribution < -0.4 is 10.5 Å². The van der Waals surface area contributed by atoms with Crippen LogP contribution in [0.25, 0.3) is 10.8 Å². The number of ether oxygens (including phenoxy) is 1. The second-order valence-electron chi connectivity index (χ2n) is 7.72. The highest BCUT2D eigenvalue weighted by Crippen LogP contribution is 2.48. The van der Waals surface area contributed by atoms with Gasteiger partial charge in [0.25, 0.3) is 5.91 Å². The minimum Gasteiger partial charge on any atom is -0.511 e. The van der Waals surface area contributed by atoms with Crippen molar-refractivity contribution in [2.24, 2.45) is 17.6 Å². The number of carbonyl (C=O) groups is 3. The van der Waals surface area contributed by atoms with Crippen molar-refractivity contribution in [3.63, 3.8) is 0 Å². The van der Waals surface area contributed by atoms with Gasteiger partial charge in [0.2, 0.25) is 0 Å². The number of ketones is 2. The maximum Gasteiger partial charge on any atom is 0.255 e. The number of fused-ring (bicyclic) bond motifs is 3. The number of benzene rings is 2. The third-order valence-electron chi connectivity index (χ3n) is 6.17. The number of methoxy groups -OCH3 is 1. The first-order valence-corrected chi connectivity index (χ1v) is 9.31. The minimum absolute atomic E-state index is 0.0198. The van der Waals surface area contributed by atoms with Crippen molar-refractivity contribution in [1.82, 2.24) is 0 Å². The van der Waals surface area contributed by atoms with Gasteiger partial charge in [-0.2, -0.15) is 0 Å². The molecule has 0 saturated carbocycles. The number of amides is 1. The Morgan fingerprint density at radius 2 is 1.79 bits per heavy atom. The van der Waals surface area contributed by atoms with Gasteiger partial charge in [-0.25, -0.2) is 0 Å². The number of carbonyl (C=O) groups excluding carboxylic acids is 3. The molecule has 0 radical (unpaired) electrons. The molecule has 7 nitrogen and oxygen atoms in total. The molecule has 0 spiro atoms. The Balaban J connectivity index is 2.03. The topological polar surface area (TPSA) is 127 Å². The van der Waals surface area contributed by atoms with Crippen LogP contribution >= 0.6 is 0 Å². The molecule has 2 atom stereocenters. The van der Waals surface area contributed by atoms with Gasteiger partial charge in [-0.15, -0.1) is 0 Å². The molecule has 150 valence electrons. The van der Waals surface area contributed by atoms with Crippen molar-refractivity contribution in [2.75, 3.05) is 7.11 Å². The van der Waals surface area contributed by atoms with Crippen molar-refractivity contribution >= 4 is 28.2 Å². The fourth-order valence-electron chi connectivity index (χ4n) is 4.91. The quantitative estimate of drug-likeness (QED) is 0.529. The lowest BCUT2D eigenvalue weighted by atomic mass is 9.65. The second kappa shape index (κ2) is 6.34. The first-order valence-electron chi connectivity index (χ1n) is 9.31. The van der Waals surface area contributed by atoms with E-state index >= 15 is 0 Å². The van der Waals surface area contributed by atoms with Crippen LogP contribution in [0.1, 0.15) is 33.5 Å². The van der Waals surface area contributed by atoms with Crippen LogP contribution in [-0.4, -0.2) is 34.8 Å². The number of allylic oxidation sites excluding steroid dienone is 1. The Labute approximate surface area is 166 Å². The number of phenols is 1. The lowest BCUT2D eigenvalue weighted by Crippen LogP contribution is -2.44. The monoisotopic (exact) mass is 395 g/mol. The molecule has 0 aromatic heterocycles. The van der Waals surface area contributed by atoms with Gasteiger partial charge in [-0.05, 0) is 54.3 Å². The molecule has 0 saturated heterocycles. The maximum absolute atomic E-state index is 13.5. The summed E-state index contributed by atoms with van der Waals surface area (Å²) in [4.78, 5) is 38.0. The standard InChI is InChI=1S/C22H21NO6/c1-8-4-5-12(24)17-14(8)9(2)11-6-10-7-13(25)18(22(23)28)20(27)15(10)19(26)16(11)21(17)29-3/h4-5,10,15,24-25H,6-7H2,1-3H3,(H2,23,28). The van der Waals surface area contributed by atoms with E-state index in [1.807, 2.05) is 13.8 Å². The summed E-state index contributed by atoms with van der Waals surface area (Å²) in [5, 5.41) is 21.9. The molecule has 2 unspecified atom stereocenters. The predicted molar refractivity (Wildman–Crippen MR) is 105 cm³/mol. The van der Waals surface area contributed by atoms with Crippen LogP contribution in [0.3, 0.4) is 0 Å². The zero-order valence-electron chi connectivity index (χ0n) is 16.3. The summed E-state index contributed by atoms with van der Waals surface area (Å²) in [6.45, 7) is 3.78. The Bertz CT molecular complexity index is 1160. The molecule has 7 heteroatoms. The van der Waals surface area contributed by atoms with Crippen molar-refractivity contribution in [1.29, 1.82) is 0 Å². The molecule has 2 aliphatic rings. The Morgan fingerprint density at radius 3 is 2.41 bits per heavy atom. The molecule has 1 amide bonds. The predicted octanol–water partition coefficient (Wildman–Crippen LogP) is 2.41. The summed E-state index contributed by atoms with van der Waals surface area (Å²) in [6, 6.07) is 3.33. The van der Waals surface area contributed by atoms with Gasteiger partial charge in [-0.3, -0.25) is 14.4 Å². The van der Waals surface area contributed by atoms with E-state index in [9.17, 15) is 24.6 Å². The average Bonchev–Trinajstić information content (AvgIpc) is 2.64. The summed E-state index contributed by atoms with van der Waals surface area (Å²) >= 11 is 0. The molecule has 4 rings (SSSR count). The van der Waals surface area contributed by atoms with Crippen LogP contribution in [0.2, 0.25) is 0 Å². The van der Waals surface area contributed by atoms with E-state index in [-0.39, 0.29) is 29.2 Å². The normalized spacial score (nSPS) is 21.2. The van der Waals surface area contributed by atoms with E-state index in [2.05, 4.69) is 0 Å². The molecule has 4 N–H and O–H groups in total. The zero-order chi connectivity index (χ0) is 21.2. The van der Waals surface area contributed by atoms with E-state index in [1.54, 1.807) is 12.1 Å². The van der Waals surface area contributed by atoms with Gasteiger partial charge in [0.1, 0.15) is 22.8 Å². The van der Waals surface area contributed by atoms with Gasteiger partial charge >= 0.3 is 0 Å². The van der Waals surface area contributed by atoms with Gasteiger partial charge in [0, 0.05) is 6.42 Å². The smallest absolute Gasteiger partial charge is 0.255 e. The number of nitrogens with two attached hydrogens (primary N) is 1. The zero-order valence-corrected chi connectivity index (χ0v) is 16.3. The van der Waals surface area contributed by atoms with E-state index in [0.717, 1.165) is 22.1 Å². The van der Waals surface area contributed by atoms with Gasteiger partial charge in [-0.1, -0.05) is 6.07 Å². The number of aliphatic hydroxyl groups is 1. The van der Waals surface area contributed by atoms with Crippen molar-refractivity contribution in [2.45, 2.75) is 26.7 Å². The summed E-state index contributed by atoms with van der Waals surface area (Å²) < 4.78 is 5.55. The lowest BCUT2D eigenvalue weighted by Gasteiger charge is -2.36. The molecule has 0 fully saturated rings. The van der Waals surface area contributed by atoms with Crippen LogP contribution in [-0.2, 0) is 16.0 Å². The molecular weight excluding hydrogens is 374 g/mol. The van der Waals surface area contributed by atoms with Crippen LogP contribution in [0.4, 0.5) is 0 Å². The largest absolute Gasteiger partial charge is 0.511 e. The molecule has 0 bridgehead atoms. The van der Waals surface area contributed by atoms with E-state index < -0.39 is 34.9 Å². The highest BCUT2D eigenvalue weighted by Gasteiger charge is 2.48. The maximum atomic E-state index is 13.5. The fraction of sp³-hybridized carbons (Fsp3) is 0.318.